The van der Waals surface area contributed by atoms with E-state index >= 15 is 0 Å². The summed E-state index contributed by atoms with van der Waals surface area (Å²) in [6, 6.07) is 0. The zero-order valence-electron chi connectivity index (χ0n) is 12.2. The zero-order valence-corrected chi connectivity index (χ0v) is 12.2. The first-order chi connectivity index (χ1) is 9.63. The molecule has 3 rings (SSSR count). The van der Waals surface area contributed by atoms with Crippen LogP contribution >= 0.6 is 0 Å². The Bertz CT molecular complexity index is 605. The summed E-state index contributed by atoms with van der Waals surface area (Å²) in [6.07, 6.45) is 6.62. The van der Waals surface area contributed by atoms with Gasteiger partial charge in [-0.05, 0) is 7.05 Å². The Morgan fingerprint density at radius 2 is 2.15 bits per heavy atom. The highest BCUT2D eigenvalue weighted by Gasteiger charge is 2.20. The highest BCUT2D eigenvalue weighted by atomic mass is 15.2. The van der Waals surface area contributed by atoms with Crippen molar-refractivity contribution in [3.8, 4) is 0 Å². The SMILES string of the molecule is CN1CCc2ncnc(N(C)Cc3cnn(C)c3)c2C1. The average Bonchev–Trinajstić information content (AvgIpc) is 2.83. The van der Waals surface area contributed by atoms with Gasteiger partial charge in [0.05, 0.1) is 11.9 Å². The maximum atomic E-state index is 4.49. The minimum absolute atomic E-state index is 0.807. The van der Waals surface area contributed by atoms with E-state index in [1.165, 1.54) is 16.8 Å². The van der Waals surface area contributed by atoms with Gasteiger partial charge >= 0.3 is 0 Å². The molecule has 0 aromatic carbocycles. The fourth-order valence-electron chi connectivity index (χ4n) is 2.69. The number of nitrogens with zero attached hydrogens (tertiary/aromatic N) is 6. The second kappa shape index (κ2) is 5.20. The van der Waals surface area contributed by atoms with Crippen LogP contribution in [0.25, 0.3) is 0 Å². The van der Waals surface area contributed by atoms with Crippen LogP contribution in [0.5, 0.6) is 0 Å². The summed E-state index contributed by atoms with van der Waals surface area (Å²) in [5.74, 6) is 1.03. The van der Waals surface area contributed by atoms with Crippen molar-refractivity contribution < 1.29 is 0 Å². The topological polar surface area (TPSA) is 50.1 Å². The molecule has 0 radical (unpaired) electrons. The average molecular weight is 272 g/mol. The van der Waals surface area contributed by atoms with Gasteiger partial charge in [0.2, 0.25) is 0 Å². The van der Waals surface area contributed by atoms with E-state index in [4.69, 9.17) is 0 Å². The summed E-state index contributed by atoms with van der Waals surface area (Å²) >= 11 is 0. The first-order valence-corrected chi connectivity index (χ1v) is 6.83. The zero-order chi connectivity index (χ0) is 14.1. The lowest BCUT2D eigenvalue weighted by Gasteiger charge is -2.28. The Balaban J connectivity index is 1.86. The van der Waals surface area contributed by atoms with Crippen LogP contribution in [-0.2, 0) is 26.6 Å². The molecule has 1 aliphatic rings. The van der Waals surface area contributed by atoms with Gasteiger partial charge in [0.25, 0.3) is 0 Å². The van der Waals surface area contributed by atoms with E-state index in [0.29, 0.717) is 0 Å². The molecule has 6 nitrogen and oxygen atoms in total. The standard InChI is InChI=1S/C14H20N6/c1-18-5-4-13-12(9-18)14(16-10-15-13)19(2)7-11-6-17-20(3)8-11/h6,8,10H,4-5,7,9H2,1-3H3. The molecule has 2 aromatic heterocycles. The first kappa shape index (κ1) is 13.1. The molecule has 0 amide bonds. The summed E-state index contributed by atoms with van der Waals surface area (Å²) < 4.78 is 1.83. The molecule has 0 fully saturated rings. The predicted octanol–water partition coefficient (Wildman–Crippen LogP) is 0.834. The Morgan fingerprint density at radius 3 is 2.90 bits per heavy atom. The van der Waals surface area contributed by atoms with Crippen LogP contribution in [0.3, 0.4) is 0 Å². The van der Waals surface area contributed by atoms with E-state index in [2.05, 4.69) is 39.0 Å². The molecule has 0 atom stereocenters. The van der Waals surface area contributed by atoms with Crippen LogP contribution < -0.4 is 4.90 Å². The monoisotopic (exact) mass is 272 g/mol. The number of likely N-dealkylation sites (N-methyl/N-ethyl adjacent to an activating group) is 1. The molecular formula is C14H20N6. The summed E-state index contributed by atoms with van der Waals surface area (Å²) in [7, 11) is 6.15. The molecule has 3 heterocycles. The molecule has 106 valence electrons. The number of rotatable bonds is 3. The third-order valence-electron chi connectivity index (χ3n) is 3.71. The Kier molecular flexibility index (Phi) is 3.40. The summed E-state index contributed by atoms with van der Waals surface area (Å²) in [6.45, 7) is 2.79. The molecule has 20 heavy (non-hydrogen) atoms. The third-order valence-corrected chi connectivity index (χ3v) is 3.71. The molecule has 0 N–H and O–H groups in total. The third kappa shape index (κ3) is 2.51. The van der Waals surface area contributed by atoms with Gasteiger partial charge in [0, 0.05) is 57.5 Å². The van der Waals surface area contributed by atoms with E-state index in [1.54, 1.807) is 6.33 Å². The van der Waals surface area contributed by atoms with Gasteiger partial charge in [0.15, 0.2) is 0 Å². The van der Waals surface area contributed by atoms with E-state index in [0.717, 1.165) is 31.9 Å². The highest BCUT2D eigenvalue weighted by molar-refractivity contribution is 5.49. The number of fused-ring (bicyclic) bond motifs is 1. The van der Waals surface area contributed by atoms with Gasteiger partial charge in [0.1, 0.15) is 12.1 Å². The van der Waals surface area contributed by atoms with Crippen molar-refractivity contribution in [1.29, 1.82) is 0 Å². The van der Waals surface area contributed by atoms with Crippen molar-refractivity contribution in [3.63, 3.8) is 0 Å². The molecule has 6 heteroatoms. The highest BCUT2D eigenvalue weighted by Crippen LogP contribution is 2.25. The minimum atomic E-state index is 0.807. The van der Waals surface area contributed by atoms with E-state index in [9.17, 15) is 0 Å². The lowest BCUT2D eigenvalue weighted by molar-refractivity contribution is 0.309. The van der Waals surface area contributed by atoms with Crippen LogP contribution in [0.1, 0.15) is 16.8 Å². The Morgan fingerprint density at radius 1 is 1.30 bits per heavy atom. The number of anilines is 1. The smallest absolute Gasteiger partial charge is 0.136 e. The number of aryl methyl sites for hydroxylation is 1. The largest absolute Gasteiger partial charge is 0.355 e. The quantitative estimate of drug-likeness (QED) is 0.828. The molecule has 2 aromatic rings. The molecule has 0 saturated heterocycles. The van der Waals surface area contributed by atoms with E-state index in [-0.39, 0.29) is 0 Å². The summed E-state index contributed by atoms with van der Waals surface area (Å²) in [5, 5.41) is 4.21. The first-order valence-electron chi connectivity index (χ1n) is 6.83. The Hall–Kier alpha value is -1.95. The van der Waals surface area contributed by atoms with Crippen LogP contribution in [0, 0.1) is 0 Å². The fourth-order valence-corrected chi connectivity index (χ4v) is 2.69. The van der Waals surface area contributed by atoms with Gasteiger partial charge < -0.3 is 9.80 Å². The van der Waals surface area contributed by atoms with Gasteiger partial charge in [-0.25, -0.2) is 9.97 Å². The van der Waals surface area contributed by atoms with Crippen molar-refractivity contribution in [1.82, 2.24) is 24.6 Å². The molecule has 0 saturated carbocycles. The second-order valence-corrected chi connectivity index (χ2v) is 5.49. The lowest BCUT2D eigenvalue weighted by Crippen LogP contribution is -2.30. The molecule has 0 bridgehead atoms. The lowest BCUT2D eigenvalue weighted by atomic mass is 10.1. The maximum Gasteiger partial charge on any atom is 0.136 e. The van der Waals surface area contributed by atoms with Crippen LogP contribution in [0.4, 0.5) is 5.82 Å². The summed E-state index contributed by atoms with van der Waals surface area (Å²) in [5.41, 5.74) is 3.63. The molecular weight excluding hydrogens is 252 g/mol. The van der Waals surface area contributed by atoms with Crippen LogP contribution in [0.2, 0.25) is 0 Å². The minimum Gasteiger partial charge on any atom is -0.355 e. The molecule has 0 unspecified atom stereocenters. The van der Waals surface area contributed by atoms with Gasteiger partial charge in [-0.3, -0.25) is 4.68 Å². The van der Waals surface area contributed by atoms with Crippen molar-refractivity contribution in [2.24, 2.45) is 7.05 Å². The number of hydrogen-bond donors (Lipinski definition) is 0. The molecule has 0 aliphatic carbocycles. The Labute approximate surface area is 119 Å². The number of aromatic nitrogens is 4. The van der Waals surface area contributed by atoms with Gasteiger partial charge in [-0.15, -0.1) is 0 Å². The van der Waals surface area contributed by atoms with Crippen LogP contribution in [-0.4, -0.2) is 45.3 Å². The maximum absolute atomic E-state index is 4.49. The number of hydrogen-bond acceptors (Lipinski definition) is 5. The normalized spacial score (nSPS) is 15.2. The van der Waals surface area contributed by atoms with Crippen molar-refractivity contribution in [3.05, 3.63) is 35.5 Å². The van der Waals surface area contributed by atoms with Crippen molar-refractivity contribution >= 4 is 5.82 Å². The summed E-state index contributed by atoms with van der Waals surface area (Å²) in [4.78, 5) is 13.4. The predicted molar refractivity (Wildman–Crippen MR) is 77.4 cm³/mol. The molecule has 0 spiro atoms. The van der Waals surface area contributed by atoms with Crippen LogP contribution in [0.15, 0.2) is 18.7 Å². The van der Waals surface area contributed by atoms with Crippen molar-refractivity contribution in [2.45, 2.75) is 19.5 Å². The van der Waals surface area contributed by atoms with Crippen molar-refractivity contribution in [2.75, 3.05) is 25.5 Å². The molecule has 1 aliphatic heterocycles. The van der Waals surface area contributed by atoms with E-state index < -0.39 is 0 Å². The van der Waals surface area contributed by atoms with E-state index in [1.807, 2.05) is 24.1 Å². The fraction of sp³-hybridized carbons (Fsp3) is 0.500. The second-order valence-electron chi connectivity index (χ2n) is 5.49. The van der Waals surface area contributed by atoms with Gasteiger partial charge in [-0.2, -0.15) is 5.10 Å². The van der Waals surface area contributed by atoms with Gasteiger partial charge in [-0.1, -0.05) is 0 Å².